The fraction of sp³-hybridized carbons (Fsp3) is 0.750. The maximum Gasteiger partial charge on any atom is 0.233 e. The molecule has 2 saturated heterocycles. The van der Waals surface area contributed by atoms with Gasteiger partial charge in [0.1, 0.15) is 0 Å². The maximum absolute atomic E-state index is 13.0. The van der Waals surface area contributed by atoms with Crippen LogP contribution in [0.25, 0.3) is 0 Å². The van der Waals surface area contributed by atoms with Gasteiger partial charge < -0.3 is 20.3 Å². The molecule has 1 atom stereocenters. The van der Waals surface area contributed by atoms with E-state index in [1.54, 1.807) is 7.11 Å². The topological polar surface area (TPSA) is 79.4 Å². The van der Waals surface area contributed by atoms with E-state index < -0.39 is 0 Å². The third-order valence-corrected chi connectivity index (χ3v) is 5.49. The Balaban J connectivity index is 1.61. The zero-order valence-electron chi connectivity index (χ0n) is 17.2. The van der Waals surface area contributed by atoms with Crippen LogP contribution in [0.15, 0.2) is 12.1 Å². The highest BCUT2D eigenvalue weighted by Crippen LogP contribution is 2.29. The van der Waals surface area contributed by atoms with Crippen LogP contribution in [0.5, 0.6) is 5.88 Å². The Hall–Kier alpha value is -1.89. The van der Waals surface area contributed by atoms with Gasteiger partial charge in [-0.05, 0) is 59.4 Å². The molecule has 7 heteroatoms. The zero-order valence-corrected chi connectivity index (χ0v) is 17.2. The number of hydrogen-bond acceptors (Lipinski definition) is 6. The number of rotatable bonds is 4. The normalized spacial score (nSPS) is 25.1. The standard InChI is InChI=1S/C20H33N5O2/c1-19(2)11-15(12-20(3,4)24-19)21-18(26)14-7-6-10-25(13-14)16-8-9-17(27-5)23-22-16/h8-9,14-15,24H,6-7,10-13H2,1-5H3,(H,21,26)/t14-/m0/s1. The van der Waals surface area contributed by atoms with E-state index in [4.69, 9.17) is 4.74 Å². The second-order valence-electron chi connectivity index (χ2n) is 9.23. The monoisotopic (exact) mass is 375 g/mol. The molecule has 2 aliphatic rings. The molecule has 1 aromatic heterocycles. The first-order valence-electron chi connectivity index (χ1n) is 9.90. The van der Waals surface area contributed by atoms with E-state index in [2.05, 4.69) is 53.4 Å². The van der Waals surface area contributed by atoms with Crippen LogP contribution in [0.1, 0.15) is 53.4 Å². The largest absolute Gasteiger partial charge is 0.480 e. The molecule has 2 aliphatic heterocycles. The van der Waals surface area contributed by atoms with E-state index in [1.165, 1.54) is 0 Å². The summed E-state index contributed by atoms with van der Waals surface area (Å²) in [6.45, 7) is 10.4. The molecule has 150 valence electrons. The number of hydrogen-bond donors (Lipinski definition) is 2. The van der Waals surface area contributed by atoms with Crippen molar-refractivity contribution in [3.63, 3.8) is 0 Å². The van der Waals surface area contributed by atoms with Crippen LogP contribution in [-0.2, 0) is 4.79 Å². The van der Waals surface area contributed by atoms with Gasteiger partial charge in [-0.25, -0.2) is 0 Å². The van der Waals surface area contributed by atoms with Gasteiger partial charge in [0.25, 0.3) is 0 Å². The molecule has 0 spiro atoms. The summed E-state index contributed by atoms with van der Waals surface area (Å²) >= 11 is 0. The number of nitrogens with zero attached hydrogens (tertiary/aromatic N) is 3. The number of nitrogens with one attached hydrogen (secondary N) is 2. The summed E-state index contributed by atoms with van der Waals surface area (Å²) < 4.78 is 5.07. The van der Waals surface area contributed by atoms with Gasteiger partial charge in [0.15, 0.2) is 5.82 Å². The molecular formula is C20H33N5O2. The Morgan fingerprint density at radius 2 is 1.93 bits per heavy atom. The number of piperidine rings is 2. The van der Waals surface area contributed by atoms with Gasteiger partial charge in [0.05, 0.1) is 13.0 Å². The van der Waals surface area contributed by atoms with Gasteiger partial charge in [0, 0.05) is 36.3 Å². The predicted molar refractivity (Wildman–Crippen MR) is 106 cm³/mol. The van der Waals surface area contributed by atoms with Crippen molar-refractivity contribution in [1.82, 2.24) is 20.8 Å². The van der Waals surface area contributed by atoms with E-state index in [0.717, 1.165) is 38.0 Å². The lowest BCUT2D eigenvalue weighted by atomic mass is 9.79. The molecule has 0 unspecified atom stereocenters. The Kier molecular flexibility index (Phi) is 5.60. The summed E-state index contributed by atoms with van der Waals surface area (Å²) in [5.74, 6) is 1.46. The summed E-state index contributed by atoms with van der Waals surface area (Å²) in [4.78, 5) is 15.1. The third kappa shape index (κ3) is 5.09. The molecule has 3 rings (SSSR count). The number of carbonyl (C=O) groups excluding carboxylic acids is 1. The van der Waals surface area contributed by atoms with Crippen LogP contribution in [0.2, 0.25) is 0 Å². The molecule has 3 heterocycles. The van der Waals surface area contributed by atoms with Crippen LogP contribution < -0.4 is 20.3 Å². The van der Waals surface area contributed by atoms with Crippen molar-refractivity contribution >= 4 is 11.7 Å². The first kappa shape index (κ1) is 19.9. The molecular weight excluding hydrogens is 342 g/mol. The Morgan fingerprint density at radius 1 is 1.22 bits per heavy atom. The highest BCUT2D eigenvalue weighted by Gasteiger charge is 2.39. The summed E-state index contributed by atoms with van der Waals surface area (Å²) in [7, 11) is 1.58. The van der Waals surface area contributed by atoms with Gasteiger partial charge in [-0.2, -0.15) is 0 Å². The molecule has 7 nitrogen and oxygen atoms in total. The lowest BCUT2D eigenvalue weighted by molar-refractivity contribution is -0.126. The zero-order chi connectivity index (χ0) is 19.7. The predicted octanol–water partition coefficient (Wildman–Crippen LogP) is 2.13. The van der Waals surface area contributed by atoms with Gasteiger partial charge in [0.2, 0.25) is 11.8 Å². The van der Waals surface area contributed by atoms with E-state index in [-0.39, 0.29) is 28.9 Å². The number of ether oxygens (including phenoxy) is 1. The fourth-order valence-corrected chi connectivity index (χ4v) is 4.73. The SMILES string of the molecule is COc1ccc(N2CCC[C@H](C(=O)NC3CC(C)(C)NC(C)(C)C3)C2)nn1. The highest BCUT2D eigenvalue weighted by molar-refractivity contribution is 5.80. The second kappa shape index (κ2) is 7.62. The number of methoxy groups -OCH3 is 1. The summed E-state index contributed by atoms with van der Waals surface area (Å²) in [6, 6.07) is 3.93. The van der Waals surface area contributed by atoms with Crippen molar-refractivity contribution in [3.8, 4) is 5.88 Å². The first-order chi connectivity index (χ1) is 12.7. The van der Waals surface area contributed by atoms with Gasteiger partial charge in [-0.3, -0.25) is 4.79 Å². The molecule has 1 amide bonds. The minimum Gasteiger partial charge on any atom is -0.480 e. The van der Waals surface area contributed by atoms with Gasteiger partial charge >= 0.3 is 0 Å². The summed E-state index contributed by atoms with van der Waals surface area (Å²) in [5, 5.41) is 15.3. The molecule has 1 aromatic rings. The minimum absolute atomic E-state index is 0.0104. The highest BCUT2D eigenvalue weighted by atomic mass is 16.5. The van der Waals surface area contributed by atoms with Crippen molar-refractivity contribution < 1.29 is 9.53 Å². The van der Waals surface area contributed by atoms with Crippen molar-refractivity contribution in [2.45, 2.75) is 70.5 Å². The molecule has 0 aromatic carbocycles. The van der Waals surface area contributed by atoms with Crippen LogP contribution in [-0.4, -0.2) is 53.4 Å². The fourth-order valence-electron chi connectivity index (χ4n) is 4.73. The molecule has 0 bridgehead atoms. The van der Waals surface area contributed by atoms with Crippen molar-refractivity contribution in [1.29, 1.82) is 0 Å². The average Bonchev–Trinajstić information content (AvgIpc) is 2.59. The lowest BCUT2D eigenvalue weighted by Crippen LogP contribution is -2.62. The first-order valence-corrected chi connectivity index (χ1v) is 9.90. The van der Waals surface area contributed by atoms with Crippen molar-refractivity contribution in [2.75, 3.05) is 25.1 Å². The van der Waals surface area contributed by atoms with Crippen LogP contribution in [0, 0.1) is 5.92 Å². The number of amides is 1. The summed E-state index contributed by atoms with van der Waals surface area (Å²) in [6.07, 6.45) is 3.80. The van der Waals surface area contributed by atoms with Crippen molar-refractivity contribution in [2.24, 2.45) is 5.92 Å². The lowest BCUT2D eigenvalue weighted by Gasteiger charge is -2.47. The maximum atomic E-state index is 13.0. The smallest absolute Gasteiger partial charge is 0.233 e. The van der Waals surface area contributed by atoms with Crippen LogP contribution in [0.3, 0.4) is 0 Å². The Labute approximate surface area is 162 Å². The third-order valence-electron chi connectivity index (χ3n) is 5.49. The van der Waals surface area contributed by atoms with E-state index in [1.807, 2.05) is 12.1 Å². The minimum atomic E-state index is -0.0104. The molecule has 27 heavy (non-hydrogen) atoms. The number of aromatic nitrogens is 2. The molecule has 0 radical (unpaired) electrons. The van der Waals surface area contributed by atoms with E-state index >= 15 is 0 Å². The van der Waals surface area contributed by atoms with Gasteiger partial charge in [-0.15, -0.1) is 10.2 Å². The van der Waals surface area contributed by atoms with Crippen molar-refractivity contribution in [3.05, 3.63) is 12.1 Å². The van der Waals surface area contributed by atoms with Crippen LogP contribution in [0.4, 0.5) is 5.82 Å². The van der Waals surface area contributed by atoms with E-state index in [0.29, 0.717) is 12.4 Å². The summed E-state index contributed by atoms with van der Waals surface area (Å²) in [5.41, 5.74) is 0.0496. The average molecular weight is 376 g/mol. The molecule has 2 N–H and O–H groups in total. The Bertz CT molecular complexity index is 643. The quantitative estimate of drug-likeness (QED) is 0.839. The molecule has 2 fully saturated rings. The Morgan fingerprint density at radius 3 is 2.52 bits per heavy atom. The molecule has 0 aliphatic carbocycles. The van der Waals surface area contributed by atoms with Gasteiger partial charge in [-0.1, -0.05) is 0 Å². The van der Waals surface area contributed by atoms with E-state index in [9.17, 15) is 4.79 Å². The number of anilines is 1. The van der Waals surface area contributed by atoms with Crippen LogP contribution >= 0.6 is 0 Å². The second-order valence-corrected chi connectivity index (χ2v) is 9.23. The molecule has 0 saturated carbocycles. The number of carbonyl (C=O) groups is 1.